The molecule has 1 aliphatic heterocycles. The normalized spacial score (nSPS) is 15.9. The number of hydrogen-bond donors (Lipinski definition) is 0. The zero-order valence-corrected chi connectivity index (χ0v) is 18.9. The molecule has 4 rings (SSSR count). The number of carbonyl (C=O) groups excluding carboxylic acids is 1. The van der Waals surface area contributed by atoms with Gasteiger partial charge in [-0.25, -0.2) is 0 Å². The molecular weight excluding hydrogens is 408 g/mol. The molecule has 158 valence electrons. The summed E-state index contributed by atoms with van der Waals surface area (Å²) in [7, 11) is 3.44. The smallest absolute Gasteiger partial charge is 0.251 e. The number of anilines is 1. The minimum absolute atomic E-state index is 0.0359. The largest absolute Gasteiger partial charge is 0.497 e. The van der Waals surface area contributed by atoms with Gasteiger partial charge in [-0.3, -0.25) is 9.79 Å². The van der Waals surface area contributed by atoms with Crippen molar-refractivity contribution in [2.75, 3.05) is 19.1 Å². The van der Waals surface area contributed by atoms with E-state index in [0.717, 1.165) is 33.8 Å². The first-order chi connectivity index (χ1) is 14.9. The van der Waals surface area contributed by atoms with E-state index in [0.29, 0.717) is 11.4 Å². The minimum atomic E-state index is -0.533. The van der Waals surface area contributed by atoms with Crippen LogP contribution in [-0.4, -0.2) is 31.8 Å². The molecular formula is C26H25ClN2O2. The number of fused-ring (bicyclic) bond motifs is 1. The van der Waals surface area contributed by atoms with Crippen molar-refractivity contribution in [3.05, 3.63) is 93.5 Å². The van der Waals surface area contributed by atoms with Crippen molar-refractivity contribution < 1.29 is 9.53 Å². The van der Waals surface area contributed by atoms with Gasteiger partial charge in [0.05, 0.1) is 18.5 Å². The molecule has 4 nitrogen and oxygen atoms in total. The van der Waals surface area contributed by atoms with E-state index < -0.39 is 6.04 Å². The molecule has 0 N–H and O–H groups in total. The van der Waals surface area contributed by atoms with Gasteiger partial charge in [0.15, 0.2) is 0 Å². The van der Waals surface area contributed by atoms with Crippen LogP contribution in [0, 0.1) is 13.8 Å². The average molecular weight is 433 g/mol. The number of halogens is 1. The van der Waals surface area contributed by atoms with Crippen molar-refractivity contribution in [2.24, 2.45) is 4.99 Å². The van der Waals surface area contributed by atoms with Crippen LogP contribution >= 0.6 is 11.6 Å². The van der Waals surface area contributed by atoms with E-state index in [9.17, 15) is 4.79 Å². The van der Waals surface area contributed by atoms with Gasteiger partial charge in [0, 0.05) is 29.6 Å². The molecule has 0 fully saturated rings. The molecule has 1 amide bonds. The van der Waals surface area contributed by atoms with Crippen LogP contribution in [-0.2, 0) is 11.2 Å². The van der Waals surface area contributed by atoms with Crippen molar-refractivity contribution in [1.29, 1.82) is 0 Å². The van der Waals surface area contributed by atoms with Crippen LogP contribution in [0.15, 0.2) is 65.7 Å². The predicted octanol–water partition coefficient (Wildman–Crippen LogP) is 5.39. The van der Waals surface area contributed by atoms with E-state index in [1.165, 1.54) is 11.1 Å². The lowest BCUT2D eigenvalue weighted by atomic mass is 9.99. The number of likely N-dealkylation sites (N-methyl/N-ethyl adjacent to an activating group) is 1. The fourth-order valence-corrected chi connectivity index (χ4v) is 4.31. The van der Waals surface area contributed by atoms with Crippen LogP contribution in [0.2, 0.25) is 5.02 Å². The Kier molecular flexibility index (Phi) is 5.84. The average Bonchev–Trinajstić information content (AvgIpc) is 2.83. The Morgan fingerprint density at radius 2 is 1.68 bits per heavy atom. The number of aryl methyl sites for hydroxylation is 2. The van der Waals surface area contributed by atoms with Crippen molar-refractivity contribution in [2.45, 2.75) is 26.3 Å². The number of benzodiazepines with no additional fused rings is 1. The van der Waals surface area contributed by atoms with Crippen LogP contribution in [0.1, 0.15) is 27.8 Å². The first-order valence-electron chi connectivity index (χ1n) is 10.2. The fraction of sp³-hybridized carbons (Fsp3) is 0.231. The van der Waals surface area contributed by atoms with E-state index in [-0.39, 0.29) is 5.91 Å². The van der Waals surface area contributed by atoms with Crippen molar-refractivity contribution >= 4 is 28.9 Å². The quantitative estimate of drug-likeness (QED) is 0.554. The lowest BCUT2D eigenvalue weighted by Gasteiger charge is -2.21. The summed E-state index contributed by atoms with van der Waals surface area (Å²) in [5.74, 6) is 0.732. The number of ether oxygens (including phenoxy) is 1. The highest BCUT2D eigenvalue weighted by Crippen LogP contribution is 2.31. The molecule has 0 aromatic heterocycles. The summed E-state index contributed by atoms with van der Waals surface area (Å²) < 4.78 is 5.30. The topological polar surface area (TPSA) is 41.9 Å². The standard InChI is InChI=1S/C26H25ClN2O2/c1-16-11-17(2)13-18(12-16)14-23-26(30)29(3)24-10-7-20(27)15-22(24)25(28-23)19-5-8-21(31-4)9-6-19/h5-13,15,23H,14H2,1-4H3. The Morgan fingerprint density at radius 1 is 1.00 bits per heavy atom. The molecule has 3 aromatic carbocycles. The number of hydrogen-bond acceptors (Lipinski definition) is 3. The number of carbonyl (C=O) groups is 1. The van der Waals surface area contributed by atoms with Crippen LogP contribution in [0.25, 0.3) is 0 Å². The third-order valence-electron chi connectivity index (χ3n) is 5.55. The second kappa shape index (κ2) is 8.56. The summed E-state index contributed by atoms with van der Waals surface area (Å²) in [6.45, 7) is 4.14. The molecule has 1 aliphatic rings. The number of benzene rings is 3. The van der Waals surface area contributed by atoms with Gasteiger partial charge >= 0.3 is 0 Å². The molecule has 31 heavy (non-hydrogen) atoms. The van der Waals surface area contributed by atoms with Gasteiger partial charge in [0.2, 0.25) is 0 Å². The first-order valence-corrected chi connectivity index (χ1v) is 10.6. The maximum Gasteiger partial charge on any atom is 0.251 e. The summed E-state index contributed by atoms with van der Waals surface area (Å²) in [6.07, 6.45) is 0.535. The Morgan fingerprint density at radius 3 is 2.32 bits per heavy atom. The second-order valence-electron chi connectivity index (χ2n) is 7.98. The molecule has 0 radical (unpaired) electrons. The Labute approximate surface area is 188 Å². The van der Waals surface area contributed by atoms with E-state index in [1.54, 1.807) is 25.1 Å². The zero-order chi connectivity index (χ0) is 22.1. The number of aliphatic imine (C=N–C) groups is 1. The first kappa shape index (κ1) is 21.1. The predicted molar refractivity (Wildman–Crippen MR) is 127 cm³/mol. The second-order valence-corrected chi connectivity index (χ2v) is 8.42. The highest BCUT2D eigenvalue weighted by Gasteiger charge is 2.30. The lowest BCUT2D eigenvalue weighted by Crippen LogP contribution is -2.36. The summed E-state index contributed by atoms with van der Waals surface area (Å²) in [5.41, 5.74) is 6.78. The summed E-state index contributed by atoms with van der Waals surface area (Å²) in [5, 5.41) is 0.605. The van der Waals surface area contributed by atoms with Crippen LogP contribution in [0.4, 0.5) is 5.69 Å². The molecule has 1 atom stereocenters. The maximum atomic E-state index is 13.4. The summed E-state index contributed by atoms with van der Waals surface area (Å²) in [6, 6.07) is 19.1. The molecule has 0 saturated heterocycles. The van der Waals surface area contributed by atoms with E-state index in [4.69, 9.17) is 21.3 Å². The number of methoxy groups -OCH3 is 1. The van der Waals surface area contributed by atoms with Gasteiger partial charge in [-0.15, -0.1) is 0 Å². The van der Waals surface area contributed by atoms with Crippen molar-refractivity contribution in [1.82, 2.24) is 0 Å². The highest BCUT2D eigenvalue weighted by molar-refractivity contribution is 6.32. The zero-order valence-electron chi connectivity index (χ0n) is 18.1. The van der Waals surface area contributed by atoms with Gasteiger partial charge in [-0.2, -0.15) is 0 Å². The molecule has 0 bridgehead atoms. The molecule has 5 heteroatoms. The third kappa shape index (κ3) is 4.35. The highest BCUT2D eigenvalue weighted by atomic mass is 35.5. The molecule has 0 saturated carbocycles. The number of nitrogens with zero attached hydrogens (tertiary/aromatic N) is 2. The van der Waals surface area contributed by atoms with Gasteiger partial charge in [-0.05, 0) is 61.9 Å². The molecule has 0 aliphatic carbocycles. The molecule has 1 heterocycles. The van der Waals surface area contributed by atoms with Gasteiger partial charge in [0.1, 0.15) is 11.8 Å². The van der Waals surface area contributed by atoms with Crippen molar-refractivity contribution in [3.63, 3.8) is 0 Å². The number of amides is 1. The van der Waals surface area contributed by atoms with Crippen LogP contribution in [0.5, 0.6) is 5.75 Å². The SMILES string of the molecule is COc1ccc(C2=NC(Cc3cc(C)cc(C)c3)C(=O)N(C)c3ccc(Cl)cc32)cc1. The fourth-order valence-electron chi connectivity index (χ4n) is 4.14. The maximum absolute atomic E-state index is 13.4. The van der Waals surface area contributed by atoms with Gasteiger partial charge in [0.25, 0.3) is 5.91 Å². The number of rotatable bonds is 4. The van der Waals surface area contributed by atoms with Gasteiger partial charge < -0.3 is 9.64 Å². The van der Waals surface area contributed by atoms with E-state index >= 15 is 0 Å². The van der Waals surface area contributed by atoms with Crippen LogP contribution in [0.3, 0.4) is 0 Å². The Balaban J connectivity index is 1.85. The van der Waals surface area contributed by atoms with Crippen molar-refractivity contribution in [3.8, 4) is 5.75 Å². The van der Waals surface area contributed by atoms with E-state index in [1.807, 2.05) is 36.4 Å². The van der Waals surface area contributed by atoms with E-state index in [2.05, 4.69) is 32.0 Å². The Hall–Kier alpha value is -3.11. The molecule has 3 aromatic rings. The summed E-state index contributed by atoms with van der Waals surface area (Å²) in [4.78, 5) is 20.1. The summed E-state index contributed by atoms with van der Waals surface area (Å²) >= 11 is 6.34. The Bertz CT molecular complexity index is 1150. The monoisotopic (exact) mass is 432 g/mol. The molecule has 0 spiro atoms. The minimum Gasteiger partial charge on any atom is -0.497 e. The third-order valence-corrected chi connectivity index (χ3v) is 5.78. The molecule has 1 unspecified atom stereocenters. The van der Waals surface area contributed by atoms with Crippen LogP contribution < -0.4 is 9.64 Å². The van der Waals surface area contributed by atoms with Gasteiger partial charge in [-0.1, -0.05) is 40.9 Å². The lowest BCUT2D eigenvalue weighted by molar-refractivity contribution is -0.119.